The van der Waals surface area contributed by atoms with Crippen molar-refractivity contribution in [1.29, 1.82) is 0 Å². The number of aliphatic hydroxyl groups is 2. The number of aliphatic hydroxyl groups excluding tert-OH is 2. The molecule has 23 heavy (non-hydrogen) atoms. The maximum Gasteiger partial charge on any atom is 0.274 e. The zero-order valence-corrected chi connectivity index (χ0v) is 12.5. The molecule has 0 unspecified atom stereocenters. The molecule has 1 amide bonds. The van der Waals surface area contributed by atoms with E-state index in [1.165, 1.54) is 28.9 Å². The Morgan fingerprint density at radius 3 is 2.61 bits per heavy atom. The predicted octanol–water partition coefficient (Wildman–Crippen LogP) is 0.329. The van der Waals surface area contributed by atoms with Gasteiger partial charge < -0.3 is 15.5 Å². The van der Waals surface area contributed by atoms with Gasteiger partial charge in [-0.05, 0) is 44.0 Å². The SMILES string of the molecule is Cc1c(C(=O)N[C@@H]2CC[C@@H](O)[C@@H]2O)nnn1-c1ccc(F)cc1. The maximum absolute atomic E-state index is 13.0. The summed E-state index contributed by atoms with van der Waals surface area (Å²) in [7, 11) is 0. The molecule has 1 aromatic heterocycles. The lowest BCUT2D eigenvalue weighted by molar-refractivity contribution is 0.0296. The van der Waals surface area contributed by atoms with Crippen LogP contribution in [-0.4, -0.2) is 49.4 Å². The van der Waals surface area contributed by atoms with Crippen LogP contribution in [0.3, 0.4) is 0 Å². The van der Waals surface area contributed by atoms with Crippen molar-refractivity contribution in [3.63, 3.8) is 0 Å². The van der Waals surface area contributed by atoms with Crippen molar-refractivity contribution in [1.82, 2.24) is 20.3 Å². The first kappa shape index (κ1) is 15.6. The summed E-state index contributed by atoms with van der Waals surface area (Å²) < 4.78 is 14.4. The standard InChI is InChI=1S/C15H17FN4O3/c1-8-13(15(23)17-11-6-7-12(21)14(11)22)18-19-20(8)10-4-2-9(16)3-5-10/h2-5,11-12,14,21-22H,6-7H2,1H3,(H,17,23)/t11-,12-,14-/m1/s1. The summed E-state index contributed by atoms with van der Waals surface area (Å²) in [5.41, 5.74) is 1.22. The molecule has 8 heteroatoms. The van der Waals surface area contributed by atoms with Crippen LogP contribution < -0.4 is 5.32 Å². The fraction of sp³-hybridized carbons (Fsp3) is 0.400. The van der Waals surface area contributed by atoms with Gasteiger partial charge in [0.1, 0.15) is 11.9 Å². The van der Waals surface area contributed by atoms with Crippen molar-refractivity contribution in [2.75, 3.05) is 0 Å². The van der Waals surface area contributed by atoms with Crippen LogP contribution in [0, 0.1) is 12.7 Å². The topological polar surface area (TPSA) is 100 Å². The molecule has 1 fully saturated rings. The Hall–Kier alpha value is -2.32. The van der Waals surface area contributed by atoms with Gasteiger partial charge in [-0.25, -0.2) is 9.07 Å². The number of nitrogens with zero attached hydrogens (tertiary/aromatic N) is 3. The highest BCUT2D eigenvalue weighted by molar-refractivity contribution is 5.93. The van der Waals surface area contributed by atoms with E-state index in [1.54, 1.807) is 6.92 Å². The molecule has 1 aromatic carbocycles. The summed E-state index contributed by atoms with van der Waals surface area (Å²) in [6, 6.07) is 5.16. The molecule has 1 saturated carbocycles. The molecule has 0 saturated heterocycles. The highest BCUT2D eigenvalue weighted by Crippen LogP contribution is 2.20. The van der Waals surface area contributed by atoms with Crippen molar-refractivity contribution in [2.45, 2.75) is 38.0 Å². The van der Waals surface area contributed by atoms with Crippen LogP contribution in [0.1, 0.15) is 29.0 Å². The minimum atomic E-state index is -0.980. The van der Waals surface area contributed by atoms with E-state index < -0.39 is 24.2 Å². The first-order valence-electron chi connectivity index (χ1n) is 7.32. The third-order valence-corrected chi connectivity index (χ3v) is 4.08. The smallest absolute Gasteiger partial charge is 0.274 e. The number of carbonyl (C=O) groups excluding carboxylic acids is 1. The number of nitrogens with one attached hydrogen (secondary N) is 1. The van der Waals surface area contributed by atoms with Crippen LogP contribution >= 0.6 is 0 Å². The summed E-state index contributed by atoms with van der Waals surface area (Å²) in [5, 5.41) is 29.8. The van der Waals surface area contributed by atoms with E-state index in [4.69, 9.17) is 0 Å². The second-order valence-electron chi connectivity index (χ2n) is 5.63. The highest BCUT2D eigenvalue weighted by Gasteiger charge is 2.35. The normalized spacial score (nSPS) is 23.9. The summed E-state index contributed by atoms with van der Waals surface area (Å²) in [6.45, 7) is 1.68. The number of rotatable bonds is 3. The summed E-state index contributed by atoms with van der Waals surface area (Å²) >= 11 is 0. The van der Waals surface area contributed by atoms with E-state index in [1.807, 2.05) is 0 Å². The molecule has 3 atom stereocenters. The minimum Gasteiger partial charge on any atom is -0.390 e. The fourth-order valence-electron chi connectivity index (χ4n) is 2.72. The van der Waals surface area contributed by atoms with Crippen molar-refractivity contribution < 1.29 is 19.4 Å². The van der Waals surface area contributed by atoms with E-state index in [0.29, 0.717) is 24.2 Å². The van der Waals surface area contributed by atoms with Gasteiger partial charge in [0.05, 0.1) is 23.5 Å². The molecule has 3 rings (SSSR count). The number of amides is 1. The molecule has 0 spiro atoms. The first-order chi connectivity index (χ1) is 11.0. The number of halogens is 1. The van der Waals surface area contributed by atoms with E-state index in [-0.39, 0.29) is 11.5 Å². The second kappa shape index (κ2) is 6.05. The lowest BCUT2D eigenvalue weighted by Crippen LogP contribution is -2.43. The molecular formula is C15H17FN4O3. The third kappa shape index (κ3) is 2.95. The van der Waals surface area contributed by atoms with Crippen LogP contribution in [0.25, 0.3) is 5.69 Å². The van der Waals surface area contributed by atoms with E-state index in [9.17, 15) is 19.4 Å². The molecule has 0 radical (unpaired) electrons. The molecule has 3 N–H and O–H groups in total. The van der Waals surface area contributed by atoms with Gasteiger partial charge >= 0.3 is 0 Å². The molecule has 7 nitrogen and oxygen atoms in total. The Kier molecular flexibility index (Phi) is 4.10. The first-order valence-corrected chi connectivity index (χ1v) is 7.32. The Bertz CT molecular complexity index is 716. The Balaban J connectivity index is 1.79. The molecule has 1 aliphatic rings. The average molecular weight is 320 g/mol. The average Bonchev–Trinajstić information content (AvgIpc) is 3.06. The minimum absolute atomic E-state index is 0.128. The molecule has 0 aliphatic heterocycles. The number of hydrogen-bond acceptors (Lipinski definition) is 5. The maximum atomic E-state index is 13.0. The summed E-state index contributed by atoms with van der Waals surface area (Å²) in [6.07, 6.45) is -0.866. The van der Waals surface area contributed by atoms with Gasteiger partial charge in [0, 0.05) is 0 Å². The van der Waals surface area contributed by atoms with Crippen LogP contribution in [-0.2, 0) is 0 Å². The van der Waals surface area contributed by atoms with Crippen molar-refractivity contribution in [3.8, 4) is 5.69 Å². The van der Waals surface area contributed by atoms with Gasteiger partial charge in [0.15, 0.2) is 5.69 Å². The Labute approximate surface area is 131 Å². The lowest BCUT2D eigenvalue weighted by atomic mass is 10.2. The zero-order valence-electron chi connectivity index (χ0n) is 12.5. The van der Waals surface area contributed by atoms with E-state index in [2.05, 4.69) is 15.6 Å². The predicted molar refractivity (Wildman–Crippen MR) is 78.6 cm³/mol. The van der Waals surface area contributed by atoms with Gasteiger partial charge in [-0.1, -0.05) is 5.21 Å². The van der Waals surface area contributed by atoms with Gasteiger partial charge in [0.25, 0.3) is 5.91 Å². The van der Waals surface area contributed by atoms with E-state index >= 15 is 0 Å². The second-order valence-corrected chi connectivity index (χ2v) is 5.63. The number of benzene rings is 1. The van der Waals surface area contributed by atoms with Crippen LogP contribution in [0.5, 0.6) is 0 Å². The van der Waals surface area contributed by atoms with Gasteiger partial charge in [-0.2, -0.15) is 0 Å². The monoisotopic (exact) mass is 320 g/mol. The van der Waals surface area contributed by atoms with Gasteiger partial charge in [-0.3, -0.25) is 4.79 Å². The molecule has 122 valence electrons. The van der Waals surface area contributed by atoms with Crippen LogP contribution in [0.15, 0.2) is 24.3 Å². The lowest BCUT2D eigenvalue weighted by Gasteiger charge is -2.17. The van der Waals surface area contributed by atoms with E-state index in [0.717, 1.165) is 0 Å². The molecule has 2 aromatic rings. The number of hydrogen-bond donors (Lipinski definition) is 3. The Morgan fingerprint density at radius 2 is 2.00 bits per heavy atom. The third-order valence-electron chi connectivity index (χ3n) is 4.08. The van der Waals surface area contributed by atoms with Crippen molar-refractivity contribution in [3.05, 3.63) is 41.5 Å². The molecule has 1 heterocycles. The number of carbonyl (C=O) groups is 1. The van der Waals surface area contributed by atoms with Gasteiger partial charge in [0.2, 0.25) is 0 Å². The number of aromatic nitrogens is 3. The van der Waals surface area contributed by atoms with Crippen molar-refractivity contribution >= 4 is 5.91 Å². The summed E-state index contributed by atoms with van der Waals surface area (Å²) in [4.78, 5) is 12.3. The van der Waals surface area contributed by atoms with Crippen LogP contribution in [0.4, 0.5) is 4.39 Å². The van der Waals surface area contributed by atoms with Crippen molar-refractivity contribution in [2.24, 2.45) is 0 Å². The van der Waals surface area contributed by atoms with Crippen LogP contribution in [0.2, 0.25) is 0 Å². The molecule has 0 bridgehead atoms. The fourth-order valence-corrected chi connectivity index (χ4v) is 2.72. The molecule has 1 aliphatic carbocycles. The quantitative estimate of drug-likeness (QED) is 0.757. The molecular weight excluding hydrogens is 303 g/mol. The highest BCUT2D eigenvalue weighted by atomic mass is 19.1. The Morgan fingerprint density at radius 1 is 1.30 bits per heavy atom. The zero-order chi connectivity index (χ0) is 16.6. The largest absolute Gasteiger partial charge is 0.390 e. The summed E-state index contributed by atoms with van der Waals surface area (Å²) in [5.74, 6) is -0.827. The van der Waals surface area contributed by atoms with Gasteiger partial charge in [-0.15, -0.1) is 5.10 Å².